The Balaban J connectivity index is 3.06. The molecule has 1 aromatic heterocycles. The largest absolute Gasteiger partial charge is 0.515 e. The molecule has 0 aliphatic rings. The zero-order chi connectivity index (χ0) is 9.84. The molecule has 1 rings (SSSR count). The van der Waals surface area contributed by atoms with Gasteiger partial charge in [-0.1, -0.05) is 0 Å². The predicted octanol–water partition coefficient (Wildman–Crippen LogP) is 1.10. The van der Waals surface area contributed by atoms with Crippen molar-refractivity contribution in [3.05, 3.63) is 30.3 Å². The number of hydrogen-bond donors (Lipinski definition) is 1. The molecule has 1 aromatic rings. The van der Waals surface area contributed by atoms with Crippen LogP contribution in [0.5, 0.6) is 0 Å². The highest BCUT2D eigenvalue weighted by Crippen LogP contribution is 2.14. The number of aliphatic hydroxyl groups is 1. The van der Waals surface area contributed by atoms with E-state index in [4.69, 9.17) is 5.11 Å². The van der Waals surface area contributed by atoms with Gasteiger partial charge in [-0.15, -0.1) is 0 Å². The minimum Gasteiger partial charge on any atom is -0.515 e. The first-order chi connectivity index (χ1) is 6.20. The summed E-state index contributed by atoms with van der Waals surface area (Å²) in [6.07, 6.45) is 2.53. The molecule has 0 fully saturated rings. The molecule has 0 radical (unpaired) electrons. The summed E-state index contributed by atoms with van der Waals surface area (Å²) < 4.78 is 6.22. The van der Waals surface area contributed by atoms with Gasteiger partial charge in [-0.2, -0.15) is 0 Å². The molecule has 0 aromatic carbocycles. The summed E-state index contributed by atoms with van der Waals surface area (Å²) in [6, 6.07) is 3.50. The van der Waals surface area contributed by atoms with Crippen LogP contribution < -0.4 is 0 Å². The summed E-state index contributed by atoms with van der Waals surface area (Å²) in [5, 5.41) is 8.85. The fraction of sp³-hybridized carbons (Fsp3) is 0.222. The molecule has 0 bridgehead atoms. The van der Waals surface area contributed by atoms with Crippen LogP contribution >= 0.6 is 0 Å². The second kappa shape index (κ2) is 3.80. The Morgan fingerprint density at radius 2 is 2.38 bits per heavy atom. The minimum absolute atomic E-state index is 0.148. The lowest BCUT2D eigenvalue weighted by Crippen LogP contribution is -2.07. The summed E-state index contributed by atoms with van der Waals surface area (Å²) in [4.78, 5) is 11.1. The van der Waals surface area contributed by atoms with Gasteiger partial charge in [0.15, 0.2) is 0 Å². The average Bonchev–Trinajstić information content (AvgIpc) is 2.53. The lowest BCUT2D eigenvalue weighted by atomic mass is 10.2. The van der Waals surface area contributed by atoms with E-state index in [1.807, 2.05) is 0 Å². The minimum atomic E-state index is -0.552. The van der Waals surface area contributed by atoms with Crippen LogP contribution in [-0.2, 0) is 16.6 Å². The Bertz CT molecular complexity index is 338. The number of esters is 1. The van der Waals surface area contributed by atoms with Gasteiger partial charge in [-0.05, 0) is 12.1 Å². The normalized spacial score (nSPS) is 11.4. The summed E-state index contributed by atoms with van der Waals surface area (Å²) in [5.74, 6) is -0.552. The van der Waals surface area contributed by atoms with E-state index in [9.17, 15) is 4.79 Å². The van der Waals surface area contributed by atoms with E-state index in [0.29, 0.717) is 5.69 Å². The molecule has 0 saturated heterocycles. The highest BCUT2D eigenvalue weighted by Gasteiger charge is 2.14. The van der Waals surface area contributed by atoms with E-state index in [2.05, 4.69) is 4.74 Å². The second-order valence-corrected chi connectivity index (χ2v) is 2.54. The maximum Gasteiger partial charge on any atom is 0.343 e. The number of aromatic nitrogens is 1. The average molecular weight is 181 g/mol. The number of carbonyl (C=O) groups excluding carboxylic acids is 1. The Kier molecular flexibility index (Phi) is 2.74. The topological polar surface area (TPSA) is 51.5 Å². The molecule has 0 aliphatic carbocycles. The van der Waals surface area contributed by atoms with Crippen LogP contribution in [0.3, 0.4) is 0 Å². The number of nitrogens with zero attached hydrogens (tertiary/aromatic N) is 1. The van der Waals surface area contributed by atoms with Crippen LogP contribution in [-0.4, -0.2) is 22.8 Å². The molecular weight excluding hydrogens is 170 g/mol. The lowest BCUT2D eigenvalue weighted by molar-refractivity contribution is -0.133. The molecule has 0 spiro atoms. The highest BCUT2D eigenvalue weighted by atomic mass is 16.5. The van der Waals surface area contributed by atoms with Crippen molar-refractivity contribution < 1.29 is 14.6 Å². The summed E-state index contributed by atoms with van der Waals surface area (Å²) in [5.41, 5.74) is 0.768. The Morgan fingerprint density at radius 3 is 2.77 bits per heavy atom. The fourth-order valence-corrected chi connectivity index (χ4v) is 1.07. The van der Waals surface area contributed by atoms with Gasteiger partial charge in [0.1, 0.15) is 5.57 Å². The molecule has 1 heterocycles. The van der Waals surface area contributed by atoms with Crippen molar-refractivity contribution in [3.8, 4) is 0 Å². The van der Waals surface area contributed by atoms with E-state index in [1.165, 1.54) is 7.11 Å². The van der Waals surface area contributed by atoms with Gasteiger partial charge in [0.05, 0.1) is 19.1 Å². The maximum absolute atomic E-state index is 11.1. The molecule has 0 amide bonds. The maximum atomic E-state index is 11.1. The molecule has 0 unspecified atom stereocenters. The van der Waals surface area contributed by atoms with Crippen molar-refractivity contribution in [2.45, 2.75) is 0 Å². The molecule has 4 heteroatoms. The van der Waals surface area contributed by atoms with Gasteiger partial charge < -0.3 is 14.4 Å². The SMILES string of the molecule is COC(=O)C(=CO)c1cccn1C. The Labute approximate surface area is 76.1 Å². The monoisotopic (exact) mass is 181 g/mol. The first-order valence-electron chi connectivity index (χ1n) is 3.75. The summed E-state index contributed by atoms with van der Waals surface area (Å²) in [7, 11) is 3.05. The van der Waals surface area contributed by atoms with Gasteiger partial charge in [0, 0.05) is 13.2 Å². The van der Waals surface area contributed by atoms with E-state index in [1.54, 1.807) is 29.9 Å². The predicted molar refractivity (Wildman–Crippen MR) is 48.0 cm³/mol. The summed E-state index contributed by atoms with van der Waals surface area (Å²) in [6.45, 7) is 0. The first-order valence-corrected chi connectivity index (χ1v) is 3.75. The van der Waals surface area contributed by atoms with Crippen molar-refractivity contribution in [3.63, 3.8) is 0 Å². The molecular formula is C9H11NO3. The Hall–Kier alpha value is -1.71. The van der Waals surface area contributed by atoms with Crippen molar-refractivity contribution in [2.75, 3.05) is 7.11 Å². The zero-order valence-corrected chi connectivity index (χ0v) is 7.52. The number of carbonyl (C=O) groups is 1. The third-order valence-corrected chi connectivity index (χ3v) is 1.75. The molecule has 0 saturated carbocycles. The standard InChI is InChI=1S/C9H11NO3/c1-10-5-3-4-8(10)7(6-11)9(12)13-2/h3-6,11H,1-2H3. The van der Waals surface area contributed by atoms with Crippen molar-refractivity contribution >= 4 is 11.5 Å². The molecule has 4 nitrogen and oxygen atoms in total. The van der Waals surface area contributed by atoms with Crippen molar-refractivity contribution in [2.24, 2.45) is 7.05 Å². The fourth-order valence-electron chi connectivity index (χ4n) is 1.07. The van der Waals surface area contributed by atoms with Crippen LogP contribution in [0.15, 0.2) is 24.6 Å². The number of methoxy groups -OCH3 is 1. The second-order valence-electron chi connectivity index (χ2n) is 2.54. The molecule has 70 valence electrons. The van der Waals surface area contributed by atoms with Crippen LogP contribution in [0.2, 0.25) is 0 Å². The summed E-state index contributed by atoms with van der Waals surface area (Å²) >= 11 is 0. The van der Waals surface area contributed by atoms with Gasteiger partial charge in [-0.25, -0.2) is 4.79 Å². The quantitative estimate of drug-likeness (QED) is 0.422. The van der Waals surface area contributed by atoms with Crippen molar-refractivity contribution in [1.82, 2.24) is 4.57 Å². The number of rotatable bonds is 2. The third kappa shape index (κ3) is 1.72. The van der Waals surface area contributed by atoms with Crippen molar-refractivity contribution in [1.29, 1.82) is 0 Å². The van der Waals surface area contributed by atoms with Crippen LogP contribution in [0.1, 0.15) is 5.69 Å². The molecule has 0 aliphatic heterocycles. The number of aliphatic hydroxyl groups excluding tert-OH is 1. The molecule has 0 atom stereocenters. The van der Waals surface area contributed by atoms with Gasteiger partial charge >= 0.3 is 5.97 Å². The number of hydrogen-bond acceptors (Lipinski definition) is 3. The highest BCUT2D eigenvalue weighted by molar-refractivity contribution is 6.15. The molecule has 13 heavy (non-hydrogen) atoms. The van der Waals surface area contributed by atoms with E-state index >= 15 is 0 Å². The van der Waals surface area contributed by atoms with E-state index in [-0.39, 0.29) is 5.57 Å². The van der Waals surface area contributed by atoms with Gasteiger partial charge in [-0.3, -0.25) is 0 Å². The smallest absolute Gasteiger partial charge is 0.343 e. The lowest BCUT2D eigenvalue weighted by Gasteiger charge is -2.04. The number of ether oxygens (including phenoxy) is 1. The zero-order valence-electron chi connectivity index (χ0n) is 7.52. The van der Waals surface area contributed by atoms with E-state index < -0.39 is 5.97 Å². The van der Waals surface area contributed by atoms with Crippen LogP contribution in [0, 0.1) is 0 Å². The molecule has 1 N–H and O–H groups in total. The van der Waals surface area contributed by atoms with Gasteiger partial charge in [0.2, 0.25) is 0 Å². The van der Waals surface area contributed by atoms with Crippen LogP contribution in [0.4, 0.5) is 0 Å². The van der Waals surface area contributed by atoms with Gasteiger partial charge in [0.25, 0.3) is 0 Å². The van der Waals surface area contributed by atoms with E-state index in [0.717, 1.165) is 6.26 Å². The first kappa shape index (κ1) is 9.38. The third-order valence-electron chi connectivity index (χ3n) is 1.75. The van der Waals surface area contributed by atoms with Crippen LogP contribution in [0.25, 0.3) is 5.57 Å². The number of aryl methyl sites for hydroxylation is 1. The Morgan fingerprint density at radius 1 is 1.69 bits per heavy atom.